The van der Waals surface area contributed by atoms with E-state index in [1.165, 1.54) is 12.8 Å². The SMILES string of the molecule is COc1cncc(C(O)C2CCCC(C)C2)c1. The van der Waals surface area contributed by atoms with Crippen LogP contribution in [0.5, 0.6) is 5.75 Å². The molecule has 1 aliphatic rings. The van der Waals surface area contributed by atoms with Crippen molar-refractivity contribution in [2.45, 2.75) is 38.7 Å². The average molecular weight is 235 g/mol. The maximum absolute atomic E-state index is 10.4. The van der Waals surface area contributed by atoms with Crippen LogP contribution in [0.4, 0.5) is 0 Å². The summed E-state index contributed by atoms with van der Waals surface area (Å²) in [7, 11) is 1.62. The number of hydrogen-bond donors (Lipinski definition) is 1. The molecule has 0 aliphatic heterocycles. The molecule has 0 bridgehead atoms. The van der Waals surface area contributed by atoms with Gasteiger partial charge in [-0.2, -0.15) is 0 Å². The Hall–Kier alpha value is -1.09. The van der Waals surface area contributed by atoms with Crippen molar-refractivity contribution in [1.29, 1.82) is 0 Å². The molecule has 2 rings (SSSR count). The van der Waals surface area contributed by atoms with Gasteiger partial charge in [0.25, 0.3) is 0 Å². The molecule has 94 valence electrons. The minimum atomic E-state index is -0.402. The van der Waals surface area contributed by atoms with Crippen LogP contribution in [0, 0.1) is 11.8 Å². The van der Waals surface area contributed by atoms with Crippen molar-refractivity contribution in [1.82, 2.24) is 4.98 Å². The molecule has 0 radical (unpaired) electrons. The van der Waals surface area contributed by atoms with Crippen molar-refractivity contribution >= 4 is 0 Å². The highest BCUT2D eigenvalue weighted by Gasteiger charge is 2.26. The van der Waals surface area contributed by atoms with Crippen molar-refractivity contribution in [2.75, 3.05) is 7.11 Å². The summed E-state index contributed by atoms with van der Waals surface area (Å²) >= 11 is 0. The Morgan fingerprint density at radius 2 is 2.24 bits per heavy atom. The summed E-state index contributed by atoms with van der Waals surface area (Å²) in [5, 5.41) is 10.4. The van der Waals surface area contributed by atoms with Crippen LogP contribution in [-0.4, -0.2) is 17.2 Å². The molecule has 1 N–H and O–H groups in total. The molecule has 1 aliphatic carbocycles. The van der Waals surface area contributed by atoms with Crippen LogP contribution in [0.1, 0.15) is 44.3 Å². The highest BCUT2D eigenvalue weighted by atomic mass is 16.5. The van der Waals surface area contributed by atoms with Crippen molar-refractivity contribution in [3.63, 3.8) is 0 Å². The van der Waals surface area contributed by atoms with E-state index >= 15 is 0 Å². The smallest absolute Gasteiger partial charge is 0.137 e. The second kappa shape index (κ2) is 5.50. The van der Waals surface area contributed by atoms with Gasteiger partial charge in [-0.15, -0.1) is 0 Å². The first-order valence-electron chi connectivity index (χ1n) is 6.37. The van der Waals surface area contributed by atoms with Gasteiger partial charge >= 0.3 is 0 Å². The maximum Gasteiger partial charge on any atom is 0.137 e. The van der Waals surface area contributed by atoms with E-state index in [0.29, 0.717) is 11.7 Å². The summed E-state index contributed by atoms with van der Waals surface area (Å²) < 4.78 is 5.14. The van der Waals surface area contributed by atoms with E-state index in [1.54, 1.807) is 19.5 Å². The molecular formula is C14H21NO2. The molecule has 17 heavy (non-hydrogen) atoms. The Balaban J connectivity index is 2.09. The minimum Gasteiger partial charge on any atom is -0.495 e. The van der Waals surface area contributed by atoms with Gasteiger partial charge in [-0.05, 0) is 30.7 Å². The second-order valence-corrected chi connectivity index (χ2v) is 5.13. The lowest BCUT2D eigenvalue weighted by atomic mass is 9.78. The predicted molar refractivity (Wildman–Crippen MR) is 66.9 cm³/mol. The van der Waals surface area contributed by atoms with Crippen molar-refractivity contribution in [2.24, 2.45) is 11.8 Å². The molecular weight excluding hydrogens is 214 g/mol. The van der Waals surface area contributed by atoms with E-state index in [2.05, 4.69) is 11.9 Å². The third-order valence-corrected chi connectivity index (χ3v) is 3.74. The third-order valence-electron chi connectivity index (χ3n) is 3.74. The van der Waals surface area contributed by atoms with Crippen molar-refractivity contribution in [3.8, 4) is 5.75 Å². The Labute approximate surface area is 103 Å². The van der Waals surface area contributed by atoms with E-state index in [0.717, 1.165) is 24.3 Å². The molecule has 3 nitrogen and oxygen atoms in total. The predicted octanol–water partition coefficient (Wildman–Crippen LogP) is 2.95. The number of aromatic nitrogens is 1. The molecule has 3 atom stereocenters. The molecule has 0 amide bonds. The zero-order valence-corrected chi connectivity index (χ0v) is 10.6. The zero-order valence-electron chi connectivity index (χ0n) is 10.6. The van der Waals surface area contributed by atoms with Gasteiger partial charge in [-0.3, -0.25) is 4.98 Å². The first kappa shape index (κ1) is 12.4. The molecule has 1 aromatic heterocycles. The average Bonchev–Trinajstić information content (AvgIpc) is 2.38. The van der Waals surface area contributed by atoms with Crippen molar-refractivity contribution < 1.29 is 9.84 Å². The zero-order chi connectivity index (χ0) is 12.3. The largest absolute Gasteiger partial charge is 0.495 e. The van der Waals surface area contributed by atoms with Gasteiger partial charge in [0.2, 0.25) is 0 Å². The van der Waals surface area contributed by atoms with Crippen LogP contribution >= 0.6 is 0 Å². The molecule has 1 aromatic rings. The molecule has 1 fully saturated rings. The van der Waals surface area contributed by atoms with Crippen LogP contribution < -0.4 is 4.74 Å². The molecule has 3 heteroatoms. The summed E-state index contributed by atoms with van der Waals surface area (Å²) in [6, 6.07) is 1.89. The molecule has 0 aromatic carbocycles. The van der Waals surface area contributed by atoms with Crippen LogP contribution in [0.25, 0.3) is 0 Å². The fourth-order valence-corrected chi connectivity index (χ4v) is 2.75. The van der Waals surface area contributed by atoms with E-state index < -0.39 is 6.10 Å². The number of hydrogen-bond acceptors (Lipinski definition) is 3. The first-order chi connectivity index (χ1) is 8.20. The highest BCUT2D eigenvalue weighted by molar-refractivity contribution is 5.25. The minimum absolute atomic E-state index is 0.368. The first-order valence-corrected chi connectivity index (χ1v) is 6.37. The van der Waals surface area contributed by atoms with E-state index in [4.69, 9.17) is 4.74 Å². The van der Waals surface area contributed by atoms with Gasteiger partial charge in [-0.1, -0.05) is 19.8 Å². The van der Waals surface area contributed by atoms with Gasteiger partial charge < -0.3 is 9.84 Å². The van der Waals surface area contributed by atoms with Crippen LogP contribution in [0.15, 0.2) is 18.5 Å². The highest BCUT2D eigenvalue weighted by Crippen LogP contribution is 2.37. The Bertz CT molecular complexity index is 367. The summed E-state index contributed by atoms with van der Waals surface area (Å²) in [6.45, 7) is 2.27. The molecule has 1 heterocycles. The monoisotopic (exact) mass is 235 g/mol. The number of rotatable bonds is 3. The van der Waals surface area contributed by atoms with Gasteiger partial charge in [-0.25, -0.2) is 0 Å². The third kappa shape index (κ3) is 2.97. The molecule has 0 spiro atoms. The van der Waals surface area contributed by atoms with Crippen LogP contribution in [0.3, 0.4) is 0 Å². The number of aliphatic hydroxyl groups is 1. The molecule has 1 saturated carbocycles. The Kier molecular flexibility index (Phi) is 4.00. The topological polar surface area (TPSA) is 42.4 Å². The fraction of sp³-hybridized carbons (Fsp3) is 0.643. The lowest BCUT2D eigenvalue weighted by molar-refractivity contribution is 0.0709. The van der Waals surface area contributed by atoms with Crippen LogP contribution in [-0.2, 0) is 0 Å². The second-order valence-electron chi connectivity index (χ2n) is 5.13. The number of pyridine rings is 1. The van der Waals surface area contributed by atoms with E-state index in [9.17, 15) is 5.11 Å². The van der Waals surface area contributed by atoms with Gasteiger partial charge in [0.1, 0.15) is 5.75 Å². The molecule has 0 saturated heterocycles. The van der Waals surface area contributed by atoms with Gasteiger partial charge in [0.15, 0.2) is 0 Å². The standard InChI is InChI=1S/C14H21NO2/c1-10-4-3-5-11(6-10)14(16)12-7-13(17-2)9-15-8-12/h7-11,14,16H,3-6H2,1-2H3. The van der Waals surface area contributed by atoms with E-state index in [1.807, 2.05) is 6.07 Å². The van der Waals surface area contributed by atoms with Crippen LogP contribution in [0.2, 0.25) is 0 Å². The quantitative estimate of drug-likeness (QED) is 0.875. The Morgan fingerprint density at radius 1 is 1.41 bits per heavy atom. The fourth-order valence-electron chi connectivity index (χ4n) is 2.75. The number of ether oxygens (including phenoxy) is 1. The lowest BCUT2D eigenvalue weighted by Gasteiger charge is -2.30. The maximum atomic E-state index is 10.4. The summed E-state index contributed by atoms with van der Waals surface area (Å²) in [6.07, 6.45) is 7.74. The number of aliphatic hydroxyl groups excluding tert-OH is 1. The van der Waals surface area contributed by atoms with Gasteiger partial charge in [0, 0.05) is 11.8 Å². The summed E-state index contributed by atoms with van der Waals surface area (Å²) in [5.41, 5.74) is 0.878. The summed E-state index contributed by atoms with van der Waals surface area (Å²) in [5.74, 6) is 1.81. The van der Waals surface area contributed by atoms with Gasteiger partial charge in [0.05, 0.1) is 19.4 Å². The number of methoxy groups -OCH3 is 1. The number of nitrogens with zero attached hydrogens (tertiary/aromatic N) is 1. The normalized spacial score (nSPS) is 26.5. The summed E-state index contributed by atoms with van der Waals surface area (Å²) in [4.78, 5) is 4.11. The lowest BCUT2D eigenvalue weighted by Crippen LogP contribution is -2.20. The van der Waals surface area contributed by atoms with Crippen molar-refractivity contribution in [3.05, 3.63) is 24.0 Å². The van der Waals surface area contributed by atoms with E-state index in [-0.39, 0.29) is 0 Å². The Morgan fingerprint density at radius 3 is 2.94 bits per heavy atom. The molecule has 3 unspecified atom stereocenters.